The van der Waals surface area contributed by atoms with Gasteiger partial charge in [-0.3, -0.25) is 4.79 Å². The molecule has 0 aliphatic heterocycles. The lowest BCUT2D eigenvalue weighted by Crippen LogP contribution is -2.20. The lowest BCUT2D eigenvalue weighted by molar-refractivity contribution is -0.116. The van der Waals surface area contributed by atoms with Crippen LogP contribution >= 0.6 is 0 Å². The number of aromatic nitrogens is 6. The largest absolute Gasteiger partial charge is 0.378 e. The SMILES string of the molecule is CCn1nc(C)cc1NC(=O)Cn1cnc2c(Nc3ccc(-c4ccc(N(C)C)cc4)cc3)nc(N)nc21. The van der Waals surface area contributed by atoms with E-state index in [1.807, 2.05) is 58.3 Å². The van der Waals surface area contributed by atoms with Gasteiger partial charge in [0.1, 0.15) is 12.4 Å². The number of amides is 1. The van der Waals surface area contributed by atoms with Crippen LogP contribution in [-0.4, -0.2) is 49.3 Å². The summed E-state index contributed by atoms with van der Waals surface area (Å²) >= 11 is 0. The molecule has 0 radical (unpaired) electrons. The first-order chi connectivity index (χ1) is 18.3. The minimum Gasteiger partial charge on any atom is -0.378 e. The van der Waals surface area contributed by atoms with E-state index in [-0.39, 0.29) is 18.4 Å². The van der Waals surface area contributed by atoms with Gasteiger partial charge in [-0.05, 0) is 49.2 Å². The van der Waals surface area contributed by atoms with E-state index in [9.17, 15) is 4.79 Å². The van der Waals surface area contributed by atoms with E-state index in [0.29, 0.717) is 29.3 Å². The van der Waals surface area contributed by atoms with E-state index >= 15 is 0 Å². The van der Waals surface area contributed by atoms with Crippen LogP contribution in [0.2, 0.25) is 0 Å². The molecule has 0 saturated carbocycles. The third kappa shape index (κ3) is 5.12. The third-order valence-corrected chi connectivity index (χ3v) is 6.13. The van der Waals surface area contributed by atoms with Crippen molar-refractivity contribution >= 4 is 46.0 Å². The highest BCUT2D eigenvalue weighted by Gasteiger charge is 2.16. The minimum atomic E-state index is -0.222. The summed E-state index contributed by atoms with van der Waals surface area (Å²) in [6.07, 6.45) is 1.56. The van der Waals surface area contributed by atoms with Gasteiger partial charge < -0.3 is 25.8 Å². The maximum absolute atomic E-state index is 12.8. The second-order valence-electron chi connectivity index (χ2n) is 9.15. The van der Waals surface area contributed by atoms with E-state index in [1.165, 1.54) is 0 Å². The quantitative estimate of drug-likeness (QED) is 0.285. The molecule has 0 unspecified atom stereocenters. The molecule has 3 heterocycles. The molecular formula is C27H30N10O. The highest BCUT2D eigenvalue weighted by Crippen LogP contribution is 2.27. The van der Waals surface area contributed by atoms with Crippen LogP contribution in [0.25, 0.3) is 22.3 Å². The van der Waals surface area contributed by atoms with Crippen molar-refractivity contribution in [3.05, 3.63) is 66.6 Å². The molecule has 2 aromatic carbocycles. The molecule has 0 atom stereocenters. The van der Waals surface area contributed by atoms with Crippen molar-refractivity contribution in [1.29, 1.82) is 0 Å². The second kappa shape index (κ2) is 10.2. The summed E-state index contributed by atoms with van der Waals surface area (Å²) in [5, 5.41) is 10.6. The molecule has 1 amide bonds. The molecule has 5 rings (SSSR count). The van der Waals surface area contributed by atoms with Gasteiger partial charge >= 0.3 is 0 Å². The molecule has 0 saturated heterocycles. The maximum atomic E-state index is 12.8. The van der Waals surface area contributed by atoms with Gasteiger partial charge in [-0.2, -0.15) is 15.1 Å². The fourth-order valence-electron chi connectivity index (χ4n) is 4.22. The smallest absolute Gasteiger partial charge is 0.245 e. The van der Waals surface area contributed by atoms with Crippen LogP contribution in [0.3, 0.4) is 0 Å². The Morgan fingerprint density at radius 1 is 1.03 bits per heavy atom. The Morgan fingerprint density at radius 2 is 1.71 bits per heavy atom. The van der Waals surface area contributed by atoms with E-state index in [2.05, 4.69) is 59.8 Å². The third-order valence-electron chi connectivity index (χ3n) is 6.13. The molecule has 4 N–H and O–H groups in total. The monoisotopic (exact) mass is 510 g/mol. The summed E-state index contributed by atoms with van der Waals surface area (Å²) in [5.41, 5.74) is 12.0. The first-order valence-corrected chi connectivity index (χ1v) is 12.3. The number of rotatable bonds is 8. The van der Waals surface area contributed by atoms with Crippen LogP contribution < -0.4 is 21.3 Å². The zero-order valence-electron chi connectivity index (χ0n) is 21.8. The molecule has 194 valence electrons. The summed E-state index contributed by atoms with van der Waals surface area (Å²) in [7, 11) is 4.04. The van der Waals surface area contributed by atoms with Crippen LogP contribution in [0.4, 0.5) is 29.0 Å². The predicted octanol–water partition coefficient (Wildman–Crippen LogP) is 4.05. The number of hydrogen-bond donors (Lipinski definition) is 3. The van der Waals surface area contributed by atoms with Crippen LogP contribution in [0.15, 0.2) is 60.9 Å². The Balaban J connectivity index is 1.33. The number of nitrogens with one attached hydrogen (secondary N) is 2. The highest BCUT2D eigenvalue weighted by atomic mass is 16.2. The van der Waals surface area contributed by atoms with Crippen LogP contribution in [-0.2, 0) is 17.9 Å². The zero-order valence-corrected chi connectivity index (χ0v) is 21.8. The first kappa shape index (κ1) is 24.8. The van der Waals surface area contributed by atoms with Crippen molar-refractivity contribution < 1.29 is 4.79 Å². The number of carbonyl (C=O) groups excluding carboxylic acids is 1. The van der Waals surface area contributed by atoms with Crippen molar-refractivity contribution in [2.45, 2.75) is 26.9 Å². The second-order valence-corrected chi connectivity index (χ2v) is 9.15. The summed E-state index contributed by atoms with van der Waals surface area (Å²) in [4.78, 5) is 28.0. The molecule has 0 bridgehead atoms. The fourth-order valence-corrected chi connectivity index (χ4v) is 4.22. The number of nitrogens with zero attached hydrogens (tertiary/aromatic N) is 7. The van der Waals surface area contributed by atoms with Gasteiger partial charge in [-0.15, -0.1) is 0 Å². The zero-order chi connectivity index (χ0) is 26.8. The molecule has 0 aliphatic carbocycles. The number of hydrogen-bond acceptors (Lipinski definition) is 8. The lowest BCUT2D eigenvalue weighted by atomic mass is 10.0. The topological polar surface area (TPSA) is 132 Å². The van der Waals surface area contributed by atoms with Gasteiger partial charge in [0.15, 0.2) is 17.0 Å². The van der Waals surface area contributed by atoms with E-state index in [1.54, 1.807) is 15.6 Å². The van der Waals surface area contributed by atoms with Gasteiger partial charge in [0, 0.05) is 38.1 Å². The summed E-state index contributed by atoms with van der Waals surface area (Å²) in [6.45, 7) is 4.52. The Labute approximate surface area is 220 Å². The van der Waals surface area contributed by atoms with E-state index < -0.39 is 0 Å². The van der Waals surface area contributed by atoms with Crippen LogP contribution in [0.5, 0.6) is 0 Å². The molecule has 0 aliphatic rings. The molecule has 11 heteroatoms. The Bertz CT molecular complexity index is 1580. The van der Waals surface area contributed by atoms with Crippen molar-refractivity contribution in [2.24, 2.45) is 0 Å². The summed E-state index contributed by atoms with van der Waals surface area (Å²) in [5.74, 6) is 0.974. The number of anilines is 5. The molecule has 3 aromatic heterocycles. The normalized spacial score (nSPS) is 11.1. The molecule has 38 heavy (non-hydrogen) atoms. The molecular weight excluding hydrogens is 480 g/mol. The average molecular weight is 511 g/mol. The minimum absolute atomic E-state index is 0.0155. The first-order valence-electron chi connectivity index (χ1n) is 12.3. The number of nitrogen functional groups attached to an aromatic ring is 1. The van der Waals surface area contributed by atoms with E-state index in [4.69, 9.17) is 5.73 Å². The highest BCUT2D eigenvalue weighted by molar-refractivity contribution is 5.92. The number of benzene rings is 2. The maximum Gasteiger partial charge on any atom is 0.245 e. The molecule has 0 spiro atoms. The van der Waals surface area contributed by atoms with Crippen molar-refractivity contribution in [1.82, 2.24) is 29.3 Å². The molecule has 11 nitrogen and oxygen atoms in total. The van der Waals surface area contributed by atoms with Gasteiger partial charge in [-0.1, -0.05) is 24.3 Å². The number of carbonyl (C=O) groups is 1. The van der Waals surface area contributed by atoms with Gasteiger partial charge in [0.2, 0.25) is 11.9 Å². The number of nitrogens with two attached hydrogens (primary N) is 1. The Hall–Kier alpha value is -4.93. The fraction of sp³-hybridized carbons (Fsp3) is 0.222. The Morgan fingerprint density at radius 3 is 2.37 bits per heavy atom. The predicted molar refractivity (Wildman–Crippen MR) is 150 cm³/mol. The summed E-state index contributed by atoms with van der Waals surface area (Å²) in [6, 6.07) is 18.3. The average Bonchev–Trinajstić information content (AvgIpc) is 3.46. The molecule has 5 aromatic rings. The number of aryl methyl sites for hydroxylation is 2. The standard InChI is InChI=1S/C27H30N10O/c1-5-37-22(14-17(2)34-37)31-23(38)15-36-16-29-24-25(32-27(28)33-26(24)36)30-20-10-6-18(7-11-20)19-8-12-21(13-9-19)35(3)4/h6-14,16H,5,15H2,1-4H3,(H,31,38)(H3,28,30,32,33). The Kier molecular flexibility index (Phi) is 6.65. The molecule has 0 fully saturated rings. The van der Waals surface area contributed by atoms with Crippen LogP contribution in [0, 0.1) is 6.92 Å². The van der Waals surface area contributed by atoms with Gasteiger partial charge in [-0.25, -0.2) is 9.67 Å². The van der Waals surface area contributed by atoms with Crippen LogP contribution in [0.1, 0.15) is 12.6 Å². The number of imidazole rings is 1. The van der Waals surface area contributed by atoms with Crippen molar-refractivity contribution in [2.75, 3.05) is 35.4 Å². The van der Waals surface area contributed by atoms with Gasteiger partial charge in [0.05, 0.1) is 12.0 Å². The van der Waals surface area contributed by atoms with E-state index in [0.717, 1.165) is 28.2 Å². The van der Waals surface area contributed by atoms with Crippen molar-refractivity contribution in [3.63, 3.8) is 0 Å². The summed E-state index contributed by atoms with van der Waals surface area (Å²) < 4.78 is 3.39. The van der Waals surface area contributed by atoms with Gasteiger partial charge in [0.25, 0.3) is 0 Å². The number of fused-ring (bicyclic) bond motifs is 1. The van der Waals surface area contributed by atoms with Crippen molar-refractivity contribution in [3.8, 4) is 11.1 Å². The lowest BCUT2D eigenvalue weighted by Gasteiger charge is -2.13.